The Morgan fingerprint density at radius 2 is 2.17 bits per heavy atom. The summed E-state index contributed by atoms with van der Waals surface area (Å²) >= 11 is 0. The molecule has 0 saturated heterocycles. The smallest absolute Gasteiger partial charge is 0.315 e. The largest absolute Gasteiger partial charge is 0.481 e. The number of rotatable bonds is 7. The molecule has 3 N–H and O–H groups in total. The highest BCUT2D eigenvalue weighted by Crippen LogP contribution is 2.37. The lowest BCUT2D eigenvalue weighted by Crippen LogP contribution is -2.59. The Morgan fingerprint density at radius 3 is 2.75 bits per heavy atom. The summed E-state index contributed by atoms with van der Waals surface area (Å²) in [6.07, 6.45) is 4.72. The van der Waals surface area contributed by atoms with Crippen LogP contribution in [0.4, 0.5) is 4.79 Å². The van der Waals surface area contributed by atoms with Gasteiger partial charge in [-0.15, -0.1) is 0 Å². The van der Waals surface area contributed by atoms with Crippen LogP contribution in [0.2, 0.25) is 0 Å². The van der Waals surface area contributed by atoms with Gasteiger partial charge in [0.2, 0.25) is 0 Å². The molecule has 1 aliphatic rings. The third-order valence-electron chi connectivity index (χ3n) is 3.78. The molecule has 3 atom stereocenters. The van der Waals surface area contributed by atoms with E-state index in [0.717, 1.165) is 0 Å². The Hall–Kier alpha value is -2.09. The first kappa shape index (κ1) is 18.3. The summed E-state index contributed by atoms with van der Waals surface area (Å²) in [7, 11) is 0. The van der Waals surface area contributed by atoms with Crippen molar-refractivity contribution < 1.29 is 19.4 Å². The summed E-state index contributed by atoms with van der Waals surface area (Å²) < 4.78 is 7.86. The molecule has 2 rings (SSSR count). The first-order chi connectivity index (χ1) is 11.3. The third kappa shape index (κ3) is 5.23. The van der Waals surface area contributed by atoms with E-state index in [4.69, 9.17) is 9.84 Å². The molecule has 1 fully saturated rings. The Morgan fingerprint density at radius 1 is 1.42 bits per heavy atom. The molecule has 8 heteroatoms. The van der Waals surface area contributed by atoms with E-state index in [1.807, 2.05) is 37.7 Å². The van der Waals surface area contributed by atoms with Gasteiger partial charge in [0.05, 0.1) is 23.8 Å². The molecule has 0 aliphatic heterocycles. The van der Waals surface area contributed by atoms with Crippen LogP contribution in [0.5, 0.6) is 0 Å². The Bertz CT molecular complexity index is 553. The molecular weight excluding hydrogens is 312 g/mol. The van der Waals surface area contributed by atoms with Gasteiger partial charge in [0.15, 0.2) is 0 Å². The first-order valence-electron chi connectivity index (χ1n) is 8.19. The van der Waals surface area contributed by atoms with Gasteiger partial charge in [-0.1, -0.05) is 0 Å². The number of carboxylic acids is 1. The standard InChI is InChI=1S/C16H26N4O4/c1-16(2,3)24-12-10-11(14(12)20-9-5-8-18-20)19-15(23)17-7-4-6-13(21)22/h5,8-9,11-12,14H,4,6-7,10H2,1-3H3,(H,21,22)(H2,17,19,23). The fourth-order valence-electron chi connectivity index (χ4n) is 2.78. The molecule has 0 aromatic carbocycles. The molecular formula is C16H26N4O4. The van der Waals surface area contributed by atoms with Crippen molar-refractivity contribution in [1.29, 1.82) is 0 Å². The number of carboxylic acid groups (broad SMARTS) is 1. The monoisotopic (exact) mass is 338 g/mol. The highest BCUT2D eigenvalue weighted by molar-refractivity contribution is 5.74. The van der Waals surface area contributed by atoms with Crippen molar-refractivity contribution in [2.24, 2.45) is 0 Å². The van der Waals surface area contributed by atoms with Gasteiger partial charge < -0.3 is 20.5 Å². The molecule has 1 heterocycles. The number of carbonyl (C=O) groups excluding carboxylic acids is 1. The van der Waals surface area contributed by atoms with Crippen molar-refractivity contribution in [2.45, 2.75) is 63.8 Å². The number of hydrogen-bond acceptors (Lipinski definition) is 4. The molecule has 1 aromatic heterocycles. The molecule has 1 aliphatic carbocycles. The van der Waals surface area contributed by atoms with E-state index in [1.54, 1.807) is 6.20 Å². The maximum absolute atomic E-state index is 12.0. The van der Waals surface area contributed by atoms with Crippen LogP contribution in [0.15, 0.2) is 18.5 Å². The van der Waals surface area contributed by atoms with Gasteiger partial charge in [-0.3, -0.25) is 9.48 Å². The Kier molecular flexibility index (Phi) is 5.82. The quantitative estimate of drug-likeness (QED) is 0.654. The predicted octanol–water partition coefficient (Wildman–Crippen LogP) is 1.54. The minimum Gasteiger partial charge on any atom is -0.481 e. The maximum atomic E-state index is 12.0. The van der Waals surface area contributed by atoms with E-state index in [0.29, 0.717) is 19.4 Å². The van der Waals surface area contributed by atoms with E-state index < -0.39 is 5.97 Å². The maximum Gasteiger partial charge on any atom is 0.315 e. The topological polar surface area (TPSA) is 105 Å². The van der Waals surface area contributed by atoms with E-state index in [-0.39, 0.29) is 36.2 Å². The SMILES string of the molecule is CC(C)(C)OC1CC(NC(=O)NCCCC(=O)O)C1n1cccn1. The number of carbonyl (C=O) groups is 2. The second kappa shape index (κ2) is 7.65. The number of urea groups is 1. The van der Waals surface area contributed by atoms with Crippen molar-refractivity contribution in [3.8, 4) is 0 Å². The second-order valence-corrected chi connectivity index (χ2v) is 6.99. The number of aromatic nitrogens is 2. The number of nitrogens with one attached hydrogen (secondary N) is 2. The number of nitrogens with zero attached hydrogens (tertiary/aromatic N) is 2. The van der Waals surface area contributed by atoms with E-state index in [1.165, 1.54) is 0 Å². The van der Waals surface area contributed by atoms with Crippen molar-refractivity contribution in [2.75, 3.05) is 6.54 Å². The fraction of sp³-hybridized carbons (Fsp3) is 0.688. The lowest BCUT2D eigenvalue weighted by atomic mass is 9.82. The molecule has 8 nitrogen and oxygen atoms in total. The summed E-state index contributed by atoms with van der Waals surface area (Å²) in [6.45, 7) is 6.34. The van der Waals surface area contributed by atoms with Crippen LogP contribution in [-0.2, 0) is 9.53 Å². The molecule has 1 aromatic rings. The van der Waals surface area contributed by atoms with Crippen LogP contribution in [0.1, 0.15) is 46.1 Å². The Balaban J connectivity index is 1.85. The predicted molar refractivity (Wildman–Crippen MR) is 87.7 cm³/mol. The normalized spacial score (nSPS) is 23.4. The summed E-state index contributed by atoms with van der Waals surface area (Å²) in [6, 6.07) is 1.42. The lowest BCUT2D eigenvalue weighted by molar-refractivity contribution is -0.137. The minimum absolute atomic E-state index is 0.0118. The molecule has 24 heavy (non-hydrogen) atoms. The molecule has 0 radical (unpaired) electrons. The minimum atomic E-state index is -0.864. The molecule has 134 valence electrons. The molecule has 1 saturated carbocycles. The number of hydrogen-bond donors (Lipinski definition) is 3. The molecule has 2 amide bonds. The fourth-order valence-corrected chi connectivity index (χ4v) is 2.78. The zero-order valence-corrected chi connectivity index (χ0v) is 14.4. The Labute approximate surface area is 141 Å². The highest BCUT2D eigenvalue weighted by Gasteiger charge is 2.46. The van der Waals surface area contributed by atoms with Gasteiger partial charge in [0, 0.05) is 25.4 Å². The van der Waals surface area contributed by atoms with E-state index in [2.05, 4.69) is 15.7 Å². The summed E-state index contributed by atoms with van der Waals surface area (Å²) in [5.41, 5.74) is -0.264. The van der Waals surface area contributed by atoms with Crippen LogP contribution < -0.4 is 10.6 Å². The third-order valence-corrected chi connectivity index (χ3v) is 3.78. The van der Waals surface area contributed by atoms with Gasteiger partial charge in [-0.05, 0) is 39.7 Å². The molecule has 0 spiro atoms. The second-order valence-electron chi connectivity index (χ2n) is 6.99. The average Bonchev–Trinajstić information content (AvgIpc) is 2.94. The van der Waals surface area contributed by atoms with Gasteiger partial charge in [-0.25, -0.2) is 4.79 Å². The van der Waals surface area contributed by atoms with Gasteiger partial charge in [-0.2, -0.15) is 5.10 Å². The van der Waals surface area contributed by atoms with E-state index >= 15 is 0 Å². The highest BCUT2D eigenvalue weighted by atomic mass is 16.5. The van der Waals surface area contributed by atoms with E-state index in [9.17, 15) is 9.59 Å². The van der Waals surface area contributed by atoms with Crippen LogP contribution in [-0.4, -0.2) is 51.2 Å². The summed E-state index contributed by atoms with van der Waals surface area (Å²) in [4.78, 5) is 22.4. The van der Waals surface area contributed by atoms with Crippen molar-refractivity contribution in [3.63, 3.8) is 0 Å². The molecule has 0 bridgehead atoms. The lowest BCUT2D eigenvalue weighted by Gasteiger charge is -2.46. The summed E-state index contributed by atoms with van der Waals surface area (Å²) in [5.74, 6) is -0.864. The zero-order valence-electron chi connectivity index (χ0n) is 14.4. The van der Waals surface area contributed by atoms with Crippen LogP contribution >= 0.6 is 0 Å². The number of ether oxygens (including phenoxy) is 1. The first-order valence-corrected chi connectivity index (χ1v) is 8.19. The van der Waals surface area contributed by atoms with Crippen molar-refractivity contribution in [1.82, 2.24) is 20.4 Å². The average molecular weight is 338 g/mol. The zero-order chi connectivity index (χ0) is 17.7. The number of aliphatic carboxylic acids is 1. The number of amides is 2. The molecule has 3 unspecified atom stereocenters. The van der Waals surface area contributed by atoms with Gasteiger partial charge in [0.1, 0.15) is 0 Å². The summed E-state index contributed by atoms with van der Waals surface area (Å²) in [5, 5.41) is 18.5. The van der Waals surface area contributed by atoms with Crippen LogP contribution in [0.3, 0.4) is 0 Å². The van der Waals surface area contributed by atoms with Crippen LogP contribution in [0, 0.1) is 0 Å². The van der Waals surface area contributed by atoms with Gasteiger partial charge in [0.25, 0.3) is 0 Å². The van der Waals surface area contributed by atoms with Crippen LogP contribution in [0.25, 0.3) is 0 Å². The van der Waals surface area contributed by atoms with Crippen molar-refractivity contribution >= 4 is 12.0 Å². The van der Waals surface area contributed by atoms with Gasteiger partial charge >= 0.3 is 12.0 Å². The van der Waals surface area contributed by atoms with Crippen molar-refractivity contribution in [3.05, 3.63) is 18.5 Å².